The molecule has 0 saturated carbocycles. The lowest BCUT2D eigenvalue weighted by Crippen LogP contribution is -2.39. The van der Waals surface area contributed by atoms with E-state index in [0.29, 0.717) is 19.6 Å². The van der Waals surface area contributed by atoms with Gasteiger partial charge in [-0.1, -0.05) is 46.8 Å². The summed E-state index contributed by atoms with van der Waals surface area (Å²) >= 11 is 0. The molecule has 142 valence electrons. The molecule has 1 rings (SSSR count). The Kier molecular flexibility index (Phi) is 7.94. The molecule has 1 N–H and O–H groups in total. The molecule has 4 heteroatoms. The van der Waals surface area contributed by atoms with Crippen LogP contribution in [0.4, 0.5) is 0 Å². The second-order valence-corrected chi connectivity index (χ2v) is 8.91. The Hall–Kier alpha value is -1.55. The molecule has 0 bridgehead atoms. The standard InChI is InChI=1S/C21H36N2O2/c1-20(2,3)17-10-12-18(13-11-17)25-14-8-9-19(24)22-15-21(4,5)16-23(6)7/h10-13H,8-9,14-16H2,1-7H3,(H,22,24). The number of hydrogen-bond acceptors (Lipinski definition) is 3. The van der Waals surface area contributed by atoms with Gasteiger partial charge in [0.25, 0.3) is 0 Å². The number of nitrogens with zero attached hydrogens (tertiary/aromatic N) is 1. The van der Waals surface area contributed by atoms with Crippen LogP contribution in [0.15, 0.2) is 24.3 Å². The van der Waals surface area contributed by atoms with Crippen LogP contribution in [0.2, 0.25) is 0 Å². The van der Waals surface area contributed by atoms with Crippen molar-refractivity contribution in [3.8, 4) is 5.75 Å². The zero-order valence-electron chi connectivity index (χ0n) is 17.1. The second-order valence-electron chi connectivity index (χ2n) is 8.91. The van der Waals surface area contributed by atoms with Gasteiger partial charge in [0.1, 0.15) is 5.75 Å². The molecule has 0 spiro atoms. The fraction of sp³-hybridized carbons (Fsp3) is 0.667. The van der Waals surface area contributed by atoms with Crippen molar-refractivity contribution >= 4 is 5.91 Å². The molecular formula is C21H36N2O2. The fourth-order valence-corrected chi connectivity index (χ4v) is 2.81. The lowest BCUT2D eigenvalue weighted by atomic mass is 9.87. The zero-order chi connectivity index (χ0) is 19.1. The molecule has 0 aliphatic rings. The average molecular weight is 349 g/mol. The molecule has 25 heavy (non-hydrogen) atoms. The normalized spacial score (nSPS) is 12.3. The smallest absolute Gasteiger partial charge is 0.220 e. The van der Waals surface area contributed by atoms with E-state index in [-0.39, 0.29) is 16.7 Å². The van der Waals surface area contributed by atoms with Crippen molar-refractivity contribution in [3.63, 3.8) is 0 Å². The molecule has 0 aliphatic heterocycles. The first kappa shape index (κ1) is 21.5. The fourth-order valence-electron chi connectivity index (χ4n) is 2.81. The summed E-state index contributed by atoms with van der Waals surface area (Å²) in [5, 5.41) is 3.03. The first-order valence-corrected chi connectivity index (χ1v) is 9.14. The van der Waals surface area contributed by atoms with E-state index in [2.05, 4.69) is 71.1 Å². The van der Waals surface area contributed by atoms with Crippen molar-refractivity contribution in [1.29, 1.82) is 0 Å². The SMILES string of the molecule is CN(C)CC(C)(C)CNC(=O)CCCOc1ccc(C(C)(C)C)cc1. The van der Waals surface area contributed by atoms with Crippen LogP contribution in [0.5, 0.6) is 5.75 Å². The second kappa shape index (κ2) is 9.23. The third-order valence-corrected chi connectivity index (χ3v) is 4.05. The minimum atomic E-state index is 0.0739. The number of rotatable bonds is 9. The maximum absolute atomic E-state index is 12.0. The van der Waals surface area contributed by atoms with E-state index in [4.69, 9.17) is 4.74 Å². The predicted molar refractivity (Wildman–Crippen MR) is 105 cm³/mol. The van der Waals surface area contributed by atoms with Crippen LogP contribution in [-0.4, -0.2) is 44.6 Å². The Morgan fingerprint density at radius 2 is 1.68 bits per heavy atom. The van der Waals surface area contributed by atoms with Crippen LogP contribution >= 0.6 is 0 Å². The predicted octanol–water partition coefficient (Wildman–Crippen LogP) is 3.85. The molecule has 0 aromatic heterocycles. The molecule has 4 nitrogen and oxygen atoms in total. The molecule has 0 radical (unpaired) electrons. The van der Waals surface area contributed by atoms with Gasteiger partial charge in [-0.05, 0) is 49.0 Å². The molecule has 1 aromatic carbocycles. The summed E-state index contributed by atoms with van der Waals surface area (Å²) < 4.78 is 5.74. The number of nitrogens with one attached hydrogen (secondary N) is 1. The van der Waals surface area contributed by atoms with Gasteiger partial charge < -0.3 is 15.0 Å². The summed E-state index contributed by atoms with van der Waals surface area (Å²) in [6.07, 6.45) is 1.22. The van der Waals surface area contributed by atoms with E-state index in [1.165, 1.54) is 5.56 Å². The molecule has 1 aromatic rings. The van der Waals surface area contributed by atoms with Crippen LogP contribution in [-0.2, 0) is 10.2 Å². The van der Waals surface area contributed by atoms with Crippen molar-refractivity contribution in [2.45, 2.75) is 52.9 Å². The van der Waals surface area contributed by atoms with E-state index in [1.807, 2.05) is 12.1 Å². The highest BCUT2D eigenvalue weighted by molar-refractivity contribution is 5.75. The van der Waals surface area contributed by atoms with Gasteiger partial charge in [-0.2, -0.15) is 0 Å². The number of benzene rings is 1. The first-order valence-electron chi connectivity index (χ1n) is 9.14. The Bertz CT molecular complexity index is 528. The summed E-state index contributed by atoms with van der Waals surface area (Å²) in [4.78, 5) is 14.1. The third kappa shape index (κ3) is 8.92. The molecule has 0 unspecified atom stereocenters. The van der Waals surface area contributed by atoms with Crippen LogP contribution in [0, 0.1) is 5.41 Å². The monoisotopic (exact) mass is 348 g/mol. The van der Waals surface area contributed by atoms with Crippen molar-refractivity contribution in [1.82, 2.24) is 10.2 Å². The van der Waals surface area contributed by atoms with Crippen LogP contribution < -0.4 is 10.1 Å². The van der Waals surface area contributed by atoms with Crippen LogP contribution in [0.1, 0.15) is 53.0 Å². The number of hydrogen-bond donors (Lipinski definition) is 1. The largest absolute Gasteiger partial charge is 0.494 e. The highest BCUT2D eigenvalue weighted by Gasteiger charge is 2.19. The summed E-state index contributed by atoms with van der Waals surface area (Å²) in [7, 11) is 4.10. The van der Waals surface area contributed by atoms with Crippen molar-refractivity contribution in [3.05, 3.63) is 29.8 Å². The number of amides is 1. The van der Waals surface area contributed by atoms with Gasteiger partial charge in [-0.3, -0.25) is 4.79 Å². The van der Waals surface area contributed by atoms with Crippen molar-refractivity contribution in [2.24, 2.45) is 5.41 Å². The molecule has 0 heterocycles. The van der Waals surface area contributed by atoms with Gasteiger partial charge in [-0.15, -0.1) is 0 Å². The van der Waals surface area contributed by atoms with Gasteiger partial charge in [0.15, 0.2) is 0 Å². The van der Waals surface area contributed by atoms with Gasteiger partial charge in [-0.25, -0.2) is 0 Å². The summed E-state index contributed by atoms with van der Waals surface area (Å²) in [5.74, 6) is 0.957. The van der Waals surface area contributed by atoms with E-state index < -0.39 is 0 Å². The van der Waals surface area contributed by atoms with Crippen LogP contribution in [0.3, 0.4) is 0 Å². The number of carbonyl (C=O) groups is 1. The molecule has 1 amide bonds. The van der Waals surface area contributed by atoms with Gasteiger partial charge in [0.05, 0.1) is 6.61 Å². The number of carbonyl (C=O) groups excluding carboxylic acids is 1. The van der Waals surface area contributed by atoms with Gasteiger partial charge in [0.2, 0.25) is 5.91 Å². The van der Waals surface area contributed by atoms with Crippen molar-refractivity contribution < 1.29 is 9.53 Å². The molecule has 0 aliphatic carbocycles. The van der Waals surface area contributed by atoms with E-state index in [1.54, 1.807) is 0 Å². The van der Waals surface area contributed by atoms with Crippen molar-refractivity contribution in [2.75, 3.05) is 33.8 Å². The number of ether oxygens (including phenoxy) is 1. The molecule has 0 fully saturated rings. The van der Waals surface area contributed by atoms with E-state index in [0.717, 1.165) is 18.7 Å². The highest BCUT2D eigenvalue weighted by Crippen LogP contribution is 2.24. The Balaban J connectivity index is 2.26. The maximum atomic E-state index is 12.0. The minimum Gasteiger partial charge on any atom is -0.494 e. The molecule has 0 saturated heterocycles. The highest BCUT2D eigenvalue weighted by atomic mass is 16.5. The Morgan fingerprint density at radius 3 is 2.20 bits per heavy atom. The maximum Gasteiger partial charge on any atom is 0.220 e. The minimum absolute atomic E-state index is 0.0739. The molecule has 0 atom stereocenters. The summed E-state index contributed by atoms with van der Waals surface area (Å²) in [6, 6.07) is 8.22. The average Bonchev–Trinajstić information content (AvgIpc) is 2.48. The summed E-state index contributed by atoms with van der Waals surface area (Å²) in [5.41, 5.74) is 1.51. The Morgan fingerprint density at radius 1 is 1.08 bits per heavy atom. The van der Waals surface area contributed by atoms with Crippen LogP contribution in [0.25, 0.3) is 0 Å². The van der Waals surface area contributed by atoms with Gasteiger partial charge in [0, 0.05) is 19.5 Å². The van der Waals surface area contributed by atoms with E-state index >= 15 is 0 Å². The van der Waals surface area contributed by atoms with E-state index in [9.17, 15) is 4.79 Å². The summed E-state index contributed by atoms with van der Waals surface area (Å²) in [6.45, 7) is 13.1. The molecular weight excluding hydrogens is 312 g/mol. The van der Waals surface area contributed by atoms with Gasteiger partial charge >= 0.3 is 0 Å². The lowest BCUT2D eigenvalue weighted by Gasteiger charge is -2.28. The lowest BCUT2D eigenvalue weighted by molar-refractivity contribution is -0.121. The third-order valence-electron chi connectivity index (χ3n) is 4.05. The topological polar surface area (TPSA) is 41.6 Å². The first-order chi connectivity index (χ1) is 11.5. The zero-order valence-corrected chi connectivity index (χ0v) is 17.1. The Labute approximate surface area is 153 Å². The quantitative estimate of drug-likeness (QED) is 0.689.